The zero-order chi connectivity index (χ0) is 37.4. The first-order chi connectivity index (χ1) is 24.8. The second-order valence-corrected chi connectivity index (χ2v) is 14.4. The lowest BCUT2D eigenvalue weighted by molar-refractivity contribution is -0.305. The average Bonchev–Trinajstić information content (AvgIpc) is 3.13. The van der Waals surface area contributed by atoms with E-state index in [0.717, 1.165) is 57.8 Å². The van der Waals surface area contributed by atoms with Gasteiger partial charge in [0.15, 0.2) is 12.4 Å². The Morgan fingerprint density at radius 3 is 1.53 bits per heavy atom. The molecule has 0 aromatic rings. The van der Waals surface area contributed by atoms with Gasteiger partial charge in [0.2, 0.25) is 0 Å². The van der Waals surface area contributed by atoms with Gasteiger partial charge in [0, 0.05) is 12.8 Å². The van der Waals surface area contributed by atoms with E-state index in [0.29, 0.717) is 6.42 Å². The summed E-state index contributed by atoms with van der Waals surface area (Å²) in [5.41, 5.74) is 0. The topological polar surface area (TPSA) is 152 Å². The van der Waals surface area contributed by atoms with Crippen LogP contribution in [0.4, 0.5) is 0 Å². The van der Waals surface area contributed by atoms with Gasteiger partial charge in [-0.2, -0.15) is 0 Å². The first kappa shape index (κ1) is 47.5. The standard InChI is InChI=1S/C41H76O10/c1-3-5-7-9-11-13-15-16-17-18-20-21-23-25-27-29-36(43)48-32-34(33-49-41-40(47)39(46)38(45)35(31-42)51-41)50-37(44)30-28-26-24-22-19-14-12-10-8-6-4-2/h16-17,34-35,38-42,45-47H,3-15,18-33H2,1-2H3/b17-16-/t34-,35?,38?,39?,40?,41?/m1/s1. The highest BCUT2D eigenvalue weighted by Gasteiger charge is 2.44. The fraction of sp³-hybridized carbons (Fsp3) is 0.902. The number of allylic oxidation sites excluding steroid dienone is 2. The summed E-state index contributed by atoms with van der Waals surface area (Å²) >= 11 is 0. The molecule has 0 amide bonds. The van der Waals surface area contributed by atoms with Crippen LogP contribution in [-0.4, -0.2) is 89.0 Å². The molecule has 1 heterocycles. The molecule has 1 fully saturated rings. The molecule has 0 aromatic carbocycles. The van der Waals surface area contributed by atoms with Gasteiger partial charge < -0.3 is 39.4 Å². The van der Waals surface area contributed by atoms with E-state index in [-0.39, 0.29) is 32.0 Å². The number of ether oxygens (including phenoxy) is 4. The molecule has 4 N–H and O–H groups in total. The lowest BCUT2D eigenvalue weighted by Gasteiger charge is -2.39. The Bertz CT molecular complexity index is 850. The van der Waals surface area contributed by atoms with Gasteiger partial charge in [-0.25, -0.2) is 0 Å². The summed E-state index contributed by atoms with van der Waals surface area (Å²) in [7, 11) is 0. The zero-order valence-electron chi connectivity index (χ0n) is 32.4. The number of esters is 2. The van der Waals surface area contributed by atoms with E-state index in [9.17, 15) is 30.0 Å². The van der Waals surface area contributed by atoms with Crippen molar-refractivity contribution in [3.8, 4) is 0 Å². The number of carbonyl (C=O) groups excluding carboxylic acids is 2. The van der Waals surface area contributed by atoms with Crippen LogP contribution in [-0.2, 0) is 28.5 Å². The summed E-state index contributed by atoms with van der Waals surface area (Å²) < 4.78 is 22.1. The number of carbonyl (C=O) groups is 2. The van der Waals surface area contributed by atoms with Crippen molar-refractivity contribution in [1.82, 2.24) is 0 Å². The molecule has 0 saturated carbocycles. The second kappa shape index (κ2) is 33.0. The third-order valence-corrected chi connectivity index (χ3v) is 9.65. The minimum Gasteiger partial charge on any atom is -0.462 e. The molecule has 5 unspecified atom stereocenters. The van der Waals surface area contributed by atoms with Crippen molar-refractivity contribution >= 4 is 11.9 Å². The highest BCUT2D eigenvalue weighted by molar-refractivity contribution is 5.70. The smallest absolute Gasteiger partial charge is 0.306 e. The molecule has 0 spiro atoms. The van der Waals surface area contributed by atoms with Crippen molar-refractivity contribution in [3.63, 3.8) is 0 Å². The molecule has 0 radical (unpaired) electrons. The van der Waals surface area contributed by atoms with E-state index in [4.69, 9.17) is 18.9 Å². The third kappa shape index (κ3) is 25.2. The molecule has 0 aliphatic carbocycles. The lowest BCUT2D eigenvalue weighted by Crippen LogP contribution is -2.59. The molecule has 0 aromatic heterocycles. The number of aliphatic hydroxyl groups excluding tert-OH is 4. The molecule has 51 heavy (non-hydrogen) atoms. The Kier molecular flexibility index (Phi) is 30.7. The van der Waals surface area contributed by atoms with E-state index in [2.05, 4.69) is 26.0 Å². The molecule has 1 saturated heterocycles. The van der Waals surface area contributed by atoms with Crippen molar-refractivity contribution < 1.29 is 49.0 Å². The van der Waals surface area contributed by atoms with Crippen LogP contribution < -0.4 is 0 Å². The molecule has 1 aliphatic heterocycles. The molecule has 0 bridgehead atoms. The Morgan fingerprint density at radius 1 is 0.588 bits per heavy atom. The number of rotatable bonds is 34. The zero-order valence-corrected chi connectivity index (χ0v) is 32.4. The van der Waals surface area contributed by atoms with Crippen molar-refractivity contribution in [3.05, 3.63) is 12.2 Å². The van der Waals surface area contributed by atoms with Crippen molar-refractivity contribution in [2.24, 2.45) is 0 Å². The minimum absolute atomic E-state index is 0.217. The van der Waals surface area contributed by atoms with Gasteiger partial charge in [-0.3, -0.25) is 9.59 Å². The van der Waals surface area contributed by atoms with Crippen LogP contribution in [0.2, 0.25) is 0 Å². The molecule has 10 heteroatoms. The predicted octanol–water partition coefficient (Wildman–Crippen LogP) is 8.00. The summed E-state index contributed by atoms with van der Waals surface area (Å²) in [5.74, 6) is -0.812. The maximum atomic E-state index is 12.7. The number of hydrogen-bond acceptors (Lipinski definition) is 10. The third-order valence-electron chi connectivity index (χ3n) is 9.65. The summed E-state index contributed by atoms with van der Waals surface area (Å²) in [6.45, 7) is 3.40. The fourth-order valence-electron chi connectivity index (χ4n) is 6.30. The molecular weight excluding hydrogens is 652 g/mol. The van der Waals surface area contributed by atoms with Crippen LogP contribution in [0.5, 0.6) is 0 Å². The highest BCUT2D eigenvalue weighted by atomic mass is 16.7. The summed E-state index contributed by atoms with van der Waals surface area (Å²) in [6.07, 6.45) is 25.1. The molecule has 1 aliphatic rings. The molecule has 6 atom stereocenters. The maximum Gasteiger partial charge on any atom is 0.306 e. The van der Waals surface area contributed by atoms with Crippen LogP contribution in [0, 0.1) is 0 Å². The van der Waals surface area contributed by atoms with Gasteiger partial charge in [0.05, 0.1) is 13.2 Å². The van der Waals surface area contributed by atoms with Crippen molar-refractivity contribution in [1.29, 1.82) is 0 Å². The predicted molar refractivity (Wildman–Crippen MR) is 201 cm³/mol. The summed E-state index contributed by atoms with van der Waals surface area (Å²) in [6, 6.07) is 0. The summed E-state index contributed by atoms with van der Waals surface area (Å²) in [5, 5.41) is 39.9. The van der Waals surface area contributed by atoms with E-state index >= 15 is 0 Å². The van der Waals surface area contributed by atoms with Crippen molar-refractivity contribution in [2.45, 2.75) is 218 Å². The van der Waals surface area contributed by atoms with Gasteiger partial charge in [-0.15, -0.1) is 0 Å². The monoisotopic (exact) mass is 729 g/mol. The van der Waals surface area contributed by atoms with E-state index in [1.807, 2.05) is 0 Å². The fourth-order valence-corrected chi connectivity index (χ4v) is 6.30. The van der Waals surface area contributed by atoms with Gasteiger partial charge in [-0.05, 0) is 38.5 Å². The molecular formula is C41H76O10. The van der Waals surface area contributed by atoms with E-state index in [1.54, 1.807) is 0 Å². The van der Waals surface area contributed by atoms with Gasteiger partial charge >= 0.3 is 11.9 Å². The number of hydrogen-bond donors (Lipinski definition) is 4. The van der Waals surface area contributed by atoms with Gasteiger partial charge in [-0.1, -0.05) is 142 Å². The van der Waals surface area contributed by atoms with Gasteiger partial charge in [0.25, 0.3) is 0 Å². The second-order valence-electron chi connectivity index (χ2n) is 14.4. The SMILES string of the molecule is CCCCCCCC/C=C\CCCCCCCC(=O)OC[C@H](COC1OC(CO)C(O)C(O)C1O)OC(=O)CCCCCCCCCCCCC. The van der Waals surface area contributed by atoms with Crippen LogP contribution in [0.15, 0.2) is 12.2 Å². The van der Waals surface area contributed by atoms with E-state index in [1.165, 1.54) is 89.9 Å². The first-order valence-corrected chi connectivity index (χ1v) is 20.8. The normalized spacial score (nSPS) is 21.3. The number of aliphatic hydroxyl groups is 4. The highest BCUT2D eigenvalue weighted by Crippen LogP contribution is 2.22. The van der Waals surface area contributed by atoms with E-state index < -0.39 is 49.4 Å². The Balaban J connectivity index is 2.36. The Morgan fingerprint density at radius 2 is 1.04 bits per heavy atom. The van der Waals surface area contributed by atoms with Crippen LogP contribution in [0.1, 0.15) is 181 Å². The quantitative estimate of drug-likeness (QED) is 0.0291. The minimum atomic E-state index is -1.59. The molecule has 10 nitrogen and oxygen atoms in total. The van der Waals surface area contributed by atoms with Crippen LogP contribution in [0.3, 0.4) is 0 Å². The lowest BCUT2D eigenvalue weighted by atomic mass is 9.99. The van der Waals surface area contributed by atoms with Crippen molar-refractivity contribution in [2.75, 3.05) is 19.8 Å². The largest absolute Gasteiger partial charge is 0.462 e. The summed E-state index contributed by atoms with van der Waals surface area (Å²) in [4.78, 5) is 25.2. The Hall–Kier alpha value is -1.56. The first-order valence-electron chi connectivity index (χ1n) is 20.8. The van der Waals surface area contributed by atoms with Crippen LogP contribution in [0.25, 0.3) is 0 Å². The maximum absolute atomic E-state index is 12.7. The van der Waals surface area contributed by atoms with Gasteiger partial charge in [0.1, 0.15) is 31.0 Å². The molecule has 300 valence electrons. The van der Waals surface area contributed by atoms with Crippen LogP contribution >= 0.6 is 0 Å². The average molecular weight is 729 g/mol. The number of unbranched alkanes of at least 4 members (excludes halogenated alkanes) is 21. The molecule has 1 rings (SSSR count). The Labute approximate surface area is 310 Å².